The minimum absolute atomic E-state index is 0.0150. The molecule has 2 aromatic carbocycles. The summed E-state index contributed by atoms with van der Waals surface area (Å²) in [5.41, 5.74) is 10.8. The monoisotopic (exact) mass is 405 g/mol. The van der Waals surface area contributed by atoms with E-state index in [0.717, 1.165) is 27.9 Å². The predicted octanol–water partition coefficient (Wildman–Crippen LogP) is 3.48. The molecule has 2 aromatic heterocycles. The minimum atomic E-state index is -0.357. The summed E-state index contributed by atoms with van der Waals surface area (Å²) in [4.78, 5) is 12.8. The van der Waals surface area contributed by atoms with Gasteiger partial charge < -0.3 is 10.3 Å². The molecule has 4 aromatic rings. The van der Waals surface area contributed by atoms with E-state index in [-0.39, 0.29) is 18.8 Å². The molecule has 0 fully saturated rings. The van der Waals surface area contributed by atoms with E-state index in [1.807, 2.05) is 49.4 Å². The molecular weight excluding hydrogens is 385 g/mol. The van der Waals surface area contributed by atoms with Crippen molar-refractivity contribution in [3.63, 3.8) is 0 Å². The molecule has 0 unspecified atom stereocenters. The van der Waals surface area contributed by atoms with Gasteiger partial charge in [-0.3, -0.25) is 0 Å². The van der Waals surface area contributed by atoms with Gasteiger partial charge >= 0.3 is 5.69 Å². The third-order valence-electron chi connectivity index (χ3n) is 5.00. The molecule has 30 heavy (non-hydrogen) atoms. The Morgan fingerprint density at radius 2 is 1.93 bits per heavy atom. The molecule has 0 amide bonds. The van der Waals surface area contributed by atoms with Gasteiger partial charge in [-0.05, 0) is 35.3 Å². The van der Waals surface area contributed by atoms with E-state index in [4.69, 9.17) is 10.3 Å². The topological polar surface area (TPSA) is 91.9 Å². The number of nitrogens with zero attached hydrogens (tertiary/aromatic N) is 4. The average Bonchev–Trinajstić information content (AvgIpc) is 3.43. The maximum absolute atomic E-state index is 12.8. The first-order valence-corrected chi connectivity index (χ1v) is 9.36. The van der Waals surface area contributed by atoms with Gasteiger partial charge in [0.1, 0.15) is 18.3 Å². The van der Waals surface area contributed by atoms with Crippen molar-refractivity contribution in [2.75, 3.05) is 6.54 Å². The number of hydrogen-bond donors (Lipinski definition) is 1. The summed E-state index contributed by atoms with van der Waals surface area (Å²) in [5, 5.41) is 8.05. The van der Waals surface area contributed by atoms with Crippen molar-refractivity contribution in [1.82, 2.24) is 19.5 Å². The minimum Gasteiger partial charge on any atom is -0.364 e. The predicted molar refractivity (Wildman–Crippen MR) is 112 cm³/mol. The Balaban J connectivity index is 1.69. The Bertz CT molecular complexity index is 1240. The molecule has 4 rings (SSSR count). The van der Waals surface area contributed by atoms with Gasteiger partial charge in [0.2, 0.25) is 0 Å². The molecule has 7 nitrogen and oxygen atoms in total. The van der Waals surface area contributed by atoms with Crippen LogP contribution in [0.1, 0.15) is 5.56 Å². The summed E-state index contributed by atoms with van der Waals surface area (Å²) in [6.45, 7) is 1.99. The lowest BCUT2D eigenvalue weighted by atomic mass is 9.97. The number of hydrogen-bond acceptors (Lipinski definition) is 5. The van der Waals surface area contributed by atoms with Crippen LogP contribution >= 0.6 is 0 Å². The van der Waals surface area contributed by atoms with Gasteiger partial charge in [0, 0.05) is 18.2 Å². The lowest BCUT2D eigenvalue weighted by Crippen LogP contribution is -2.26. The number of benzene rings is 2. The summed E-state index contributed by atoms with van der Waals surface area (Å²) < 4.78 is 20.4. The quantitative estimate of drug-likeness (QED) is 0.530. The van der Waals surface area contributed by atoms with E-state index in [0.29, 0.717) is 17.6 Å². The first kappa shape index (κ1) is 19.5. The molecule has 0 saturated heterocycles. The zero-order valence-corrected chi connectivity index (χ0v) is 16.3. The second-order valence-corrected chi connectivity index (χ2v) is 6.82. The van der Waals surface area contributed by atoms with Crippen LogP contribution in [-0.2, 0) is 6.54 Å². The zero-order valence-electron chi connectivity index (χ0n) is 16.3. The van der Waals surface area contributed by atoms with Crippen molar-refractivity contribution in [2.45, 2.75) is 13.5 Å². The summed E-state index contributed by atoms with van der Waals surface area (Å²) >= 11 is 0. The Morgan fingerprint density at radius 1 is 1.17 bits per heavy atom. The van der Waals surface area contributed by atoms with Gasteiger partial charge in [-0.1, -0.05) is 41.6 Å². The van der Waals surface area contributed by atoms with E-state index < -0.39 is 0 Å². The fourth-order valence-corrected chi connectivity index (χ4v) is 3.33. The normalized spacial score (nSPS) is 11.8. The van der Waals surface area contributed by atoms with Gasteiger partial charge in [0.25, 0.3) is 0 Å². The van der Waals surface area contributed by atoms with Crippen LogP contribution in [0, 0.1) is 6.92 Å². The van der Waals surface area contributed by atoms with Gasteiger partial charge in [-0.15, -0.1) is 0 Å². The number of halogens is 1. The first-order chi connectivity index (χ1) is 14.6. The summed E-state index contributed by atoms with van der Waals surface area (Å²) in [7, 11) is 0. The first-order valence-electron chi connectivity index (χ1n) is 9.36. The van der Waals surface area contributed by atoms with Crippen LogP contribution in [0.25, 0.3) is 28.1 Å². The zero-order chi connectivity index (χ0) is 21.1. The molecule has 0 saturated carbocycles. The summed E-state index contributed by atoms with van der Waals surface area (Å²) in [6, 6.07) is 15.5. The molecule has 2 N–H and O–H groups in total. The molecule has 0 spiro atoms. The lowest BCUT2D eigenvalue weighted by molar-refractivity contribution is 0.422. The molecule has 2 heterocycles. The molecule has 0 aliphatic carbocycles. The van der Waals surface area contributed by atoms with Crippen molar-refractivity contribution in [3.8, 4) is 28.1 Å². The van der Waals surface area contributed by atoms with E-state index in [1.165, 1.54) is 21.8 Å². The number of nitrogens with two attached hydrogens (primary N) is 1. The van der Waals surface area contributed by atoms with Crippen molar-refractivity contribution in [1.29, 1.82) is 0 Å². The van der Waals surface area contributed by atoms with E-state index in [1.54, 1.807) is 6.07 Å². The van der Waals surface area contributed by atoms with Crippen LogP contribution in [-0.4, -0.2) is 26.0 Å². The number of aromatic nitrogens is 4. The van der Waals surface area contributed by atoms with Gasteiger partial charge in [-0.25, -0.2) is 18.4 Å². The van der Waals surface area contributed by atoms with Crippen LogP contribution in [0.3, 0.4) is 0 Å². The molecule has 0 radical (unpaired) electrons. The highest BCUT2D eigenvalue weighted by Gasteiger charge is 2.13. The highest BCUT2D eigenvalue weighted by atomic mass is 19.1. The average molecular weight is 405 g/mol. The molecular formula is C22H20FN5O2. The smallest absolute Gasteiger partial charge is 0.350 e. The molecule has 0 bridgehead atoms. The lowest BCUT2D eigenvalue weighted by Gasteiger charge is -2.12. The van der Waals surface area contributed by atoms with Crippen molar-refractivity contribution in [2.24, 2.45) is 5.73 Å². The Morgan fingerprint density at radius 3 is 2.60 bits per heavy atom. The second-order valence-electron chi connectivity index (χ2n) is 6.82. The SMILES string of the molecule is Cc1c(-c2ccc(-c3ccon3)cc2)cccc1-n1cnn(C/C(=C/F)CN)c1=O. The second kappa shape index (κ2) is 8.30. The molecule has 152 valence electrons. The van der Waals surface area contributed by atoms with Crippen LogP contribution in [0.15, 0.2) is 82.3 Å². The van der Waals surface area contributed by atoms with Crippen LogP contribution in [0.5, 0.6) is 0 Å². The van der Waals surface area contributed by atoms with Crippen LogP contribution in [0.4, 0.5) is 4.39 Å². The Hall–Kier alpha value is -3.78. The Labute approximate surface area is 171 Å². The third-order valence-corrected chi connectivity index (χ3v) is 5.00. The maximum atomic E-state index is 12.8. The largest absolute Gasteiger partial charge is 0.364 e. The maximum Gasteiger partial charge on any atom is 0.350 e. The van der Waals surface area contributed by atoms with Crippen LogP contribution < -0.4 is 11.4 Å². The summed E-state index contributed by atoms with van der Waals surface area (Å²) in [6.07, 6.45) is 3.39. The van der Waals surface area contributed by atoms with Crippen molar-refractivity contribution >= 4 is 0 Å². The Kier molecular flexibility index (Phi) is 5.40. The molecule has 0 atom stereocenters. The van der Waals surface area contributed by atoms with Crippen LogP contribution in [0.2, 0.25) is 0 Å². The third kappa shape index (κ3) is 3.60. The van der Waals surface area contributed by atoms with Crippen molar-refractivity contribution in [3.05, 3.63) is 89.1 Å². The highest BCUT2D eigenvalue weighted by molar-refractivity contribution is 5.73. The highest BCUT2D eigenvalue weighted by Crippen LogP contribution is 2.29. The van der Waals surface area contributed by atoms with Gasteiger partial charge in [-0.2, -0.15) is 5.10 Å². The summed E-state index contributed by atoms with van der Waals surface area (Å²) in [5.74, 6) is 0. The van der Waals surface area contributed by atoms with E-state index in [9.17, 15) is 9.18 Å². The number of rotatable bonds is 6. The van der Waals surface area contributed by atoms with Gasteiger partial charge in [0.05, 0.1) is 18.6 Å². The molecule has 0 aliphatic heterocycles. The van der Waals surface area contributed by atoms with Crippen molar-refractivity contribution < 1.29 is 8.91 Å². The fourth-order valence-electron chi connectivity index (χ4n) is 3.33. The van der Waals surface area contributed by atoms with E-state index in [2.05, 4.69) is 10.3 Å². The fraction of sp³-hybridized carbons (Fsp3) is 0.136. The van der Waals surface area contributed by atoms with Gasteiger partial charge in [0.15, 0.2) is 0 Å². The molecule has 8 heteroatoms. The van der Waals surface area contributed by atoms with E-state index >= 15 is 0 Å². The molecule has 0 aliphatic rings. The standard InChI is InChI=1S/C22H20FN5O2/c1-15-19(17-5-7-18(8-6-17)20-9-10-30-26-20)3-2-4-21(15)27-14-25-28(22(27)29)13-16(11-23)12-24/h2-11,14H,12-13,24H2,1H3/b16-11+.